The van der Waals surface area contributed by atoms with Gasteiger partial charge in [0, 0.05) is 16.1 Å². The molecule has 0 amide bonds. The van der Waals surface area contributed by atoms with E-state index in [0.717, 1.165) is 10.6 Å². The molecule has 6 heteroatoms. The lowest BCUT2D eigenvalue weighted by Gasteiger charge is -2.13. The van der Waals surface area contributed by atoms with Crippen LogP contribution in [0.25, 0.3) is 0 Å². The molecule has 102 valence electrons. The van der Waals surface area contributed by atoms with E-state index >= 15 is 0 Å². The van der Waals surface area contributed by atoms with Crippen LogP contribution >= 0.6 is 35.0 Å². The van der Waals surface area contributed by atoms with Gasteiger partial charge in [-0.3, -0.25) is 5.43 Å². The molecule has 0 bridgehead atoms. The molecule has 3 rings (SSSR count). The van der Waals surface area contributed by atoms with Gasteiger partial charge in [0.2, 0.25) is 0 Å². The zero-order valence-corrected chi connectivity index (χ0v) is 12.5. The van der Waals surface area contributed by atoms with Crippen molar-refractivity contribution in [2.75, 3.05) is 0 Å². The molecule has 1 heterocycles. The summed E-state index contributed by atoms with van der Waals surface area (Å²) in [5.41, 5.74) is 4.65. The maximum Gasteiger partial charge on any atom is 0.140 e. The van der Waals surface area contributed by atoms with E-state index in [-0.39, 0.29) is 16.1 Å². The minimum absolute atomic E-state index is 0.0329. The van der Waals surface area contributed by atoms with E-state index in [9.17, 15) is 5.11 Å². The van der Waals surface area contributed by atoms with Crippen molar-refractivity contribution >= 4 is 40.0 Å². The van der Waals surface area contributed by atoms with Gasteiger partial charge in [-0.2, -0.15) is 5.10 Å². The standard InChI is InChI=1S/C14H10Cl2N2OS/c15-9-6-10(12(19)11(16)7-9)14-18-17-13(20-14)8-4-2-1-3-5-8/h1-7,14,18-19H/t14-/m0/s1. The number of hydrogen-bond acceptors (Lipinski definition) is 4. The largest absolute Gasteiger partial charge is 0.506 e. The predicted octanol–water partition coefficient (Wildman–Crippen LogP) is 4.40. The van der Waals surface area contributed by atoms with Crippen molar-refractivity contribution in [1.29, 1.82) is 0 Å². The zero-order valence-electron chi connectivity index (χ0n) is 10.2. The number of nitrogens with one attached hydrogen (secondary N) is 1. The highest BCUT2D eigenvalue weighted by atomic mass is 35.5. The summed E-state index contributed by atoms with van der Waals surface area (Å²) in [7, 11) is 0. The monoisotopic (exact) mass is 324 g/mol. The van der Waals surface area contributed by atoms with Crippen LogP contribution in [0.4, 0.5) is 0 Å². The summed E-state index contributed by atoms with van der Waals surface area (Å²) in [6.45, 7) is 0. The summed E-state index contributed by atoms with van der Waals surface area (Å²) in [6, 6.07) is 13.1. The Morgan fingerprint density at radius 2 is 1.90 bits per heavy atom. The van der Waals surface area contributed by atoms with Crippen LogP contribution in [0.5, 0.6) is 5.75 Å². The van der Waals surface area contributed by atoms with Gasteiger partial charge in [-0.25, -0.2) is 0 Å². The first-order chi connectivity index (χ1) is 9.65. The second kappa shape index (κ2) is 5.56. The Morgan fingerprint density at radius 1 is 1.15 bits per heavy atom. The Bertz CT molecular complexity index is 676. The smallest absolute Gasteiger partial charge is 0.140 e. The van der Waals surface area contributed by atoms with E-state index in [0.29, 0.717) is 10.6 Å². The Hall–Kier alpha value is -1.36. The summed E-state index contributed by atoms with van der Waals surface area (Å²) in [6.07, 6.45) is 0. The van der Waals surface area contributed by atoms with Gasteiger partial charge in [0.1, 0.15) is 16.2 Å². The lowest BCUT2D eigenvalue weighted by molar-refractivity contribution is 0.465. The number of hydrogen-bond donors (Lipinski definition) is 2. The summed E-state index contributed by atoms with van der Waals surface area (Å²) in [4.78, 5) is 0. The maximum atomic E-state index is 10.0. The van der Waals surface area contributed by atoms with Gasteiger partial charge in [-0.1, -0.05) is 65.3 Å². The van der Waals surface area contributed by atoms with Crippen molar-refractivity contribution in [3.63, 3.8) is 0 Å². The molecular formula is C14H10Cl2N2OS. The van der Waals surface area contributed by atoms with Gasteiger partial charge in [-0.15, -0.1) is 0 Å². The Kier molecular flexibility index (Phi) is 3.78. The third-order valence-corrected chi connectivity index (χ3v) is 4.53. The number of halogens is 2. The number of phenolic OH excluding ortho intramolecular Hbond substituents is 1. The van der Waals surface area contributed by atoms with Crippen LogP contribution < -0.4 is 5.43 Å². The third kappa shape index (κ3) is 2.59. The Balaban J connectivity index is 1.86. The summed E-state index contributed by atoms with van der Waals surface area (Å²) in [5, 5.41) is 15.7. The van der Waals surface area contributed by atoms with Crippen LogP contribution in [0.2, 0.25) is 10.0 Å². The van der Waals surface area contributed by atoms with Gasteiger partial charge in [0.15, 0.2) is 0 Å². The summed E-state index contributed by atoms with van der Waals surface area (Å²) >= 11 is 13.4. The average molecular weight is 325 g/mol. The number of phenols is 1. The molecule has 0 saturated carbocycles. The number of thioether (sulfide) groups is 1. The molecule has 1 aliphatic heterocycles. The number of hydrazone groups is 1. The lowest BCUT2D eigenvalue weighted by atomic mass is 10.2. The van der Waals surface area contributed by atoms with Gasteiger partial charge >= 0.3 is 0 Å². The minimum atomic E-state index is -0.207. The molecule has 0 aliphatic carbocycles. The molecule has 0 saturated heterocycles. The lowest BCUT2D eigenvalue weighted by Crippen LogP contribution is -2.07. The first-order valence-corrected chi connectivity index (χ1v) is 7.52. The third-order valence-electron chi connectivity index (χ3n) is 2.87. The zero-order chi connectivity index (χ0) is 14.1. The minimum Gasteiger partial charge on any atom is -0.506 e. The molecule has 1 atom stereocenters. The van der Waals surface area contributed by atoms with E-state index in [4.69, 9.17) is 23.2 Å². The molecule has 0 spiro atoms. The topological polar surface area (TPSA) is 44.6 Å². The first kappa shape index (κ1) is 13.6. The van der Waals surface area contributed by atoms with Crippen LogP contribution in [-0.4, -0.2) is 10.2 Å². The normalized spacial score (nSPS) is 17.7. The average Bonchev–Trinajstić information content (AvgIpc) is 2.93. The second-order valence-electron chi connectivity index (χ2n) is 4.24. The number of benzene rings is 2. The maximum absolute atomic E-state index is 10.0. The van der Waals surface area contributed by atoms with Crippen molar-refractivity contribution in [2.24, 2.45) is 5.10 Å². The van der Waals surface area contributed by atoms with Crippen LogP contribution in [0.1, 0.15) is 16.5 Å². The predicted molar refractivity (Wildman–Crippen MR) is 84.6 cm³/mol. The van der Waals surface area contributed by atoms with Crippen molar-refractivity contribution in [2.45, 2.75) is 5.37 Å². The Labute approximate surface area is 130 Å². The van der Waals surface area contributed by atoms with Gasteiger partial charge in [0.25, 0.3) is 0 Å². The SMILES string of the molecule is Oc1c(Cl)cc(Cl)cc1[C@H]1NN=C(c2ccccc2)S1. The molecule has 1 aliphatic rings. The highest BCUT2D eigenvalue weighted by Gasteiger charge is 2.25. The fourth-order valence-corrected chi connectivity index (χ4v) is 3.44. The second-order valence-corrected chi connectivity index (χ2v) is 6.17. The fraction of sp³-hybridized carbons (Fsp3) is 0.0714. The van der Waals surface area contributed by atoms with E-state index in [1.165, 1.54) is 17.8 Å². The number of nitrogens with zero attached hydrogens (tertiary/aromatic N) is 1. The molecule has 0 radical (unpaired) electrons. The molecule has 0 aromatic heterocycles. The molecular weight excluding hydrogens is 315 g/mol. The number of rotatable bonds is 2. The summed E-state index contributed by atoms with van der Waals surface area (Å²) in [5.74, 6) is 0.0329. The highest BCUT2D eigenvalue weighted by Crippen LogP contribution is 2.42. The van der Waals surface area contributed by atoms with Crippen molar-refractivity contribution < 1.29 is 5.11 Å². The fourth-order valence-electron chi connectivity index (χ4n) is 1.91. The summed E-state index contributed by atoms with van der Waals surface area (Å²) < 4.78 is 0. The number of aromatic hydroxyl groups is 1. The Morgan fingerprint density at radius 3 is 2.65 bits per heavy atom. The van der Waals surface area contributed by atoms with Crippen LogP contribution in [0, 0.1) is 0 Å². The van der Waals surface area contributed by atoms with Crippen LogP contribution in [-0.2, 0) is 0 Å². The molecule has 0 fully saturated rings. The molecule has 3 nitrogen and oxygen atoms in total. The van der Waals surface area contributed by atoms with E-state index < -0.39 is 0 Å². The molecule has 2 aromatic carbocycles. The molecule has 2 N–H and O–H groups in total. The molecule has 2 aromatic rings. The van der Waals surface area contributed by atoms with Crippen LogP contribution in [0.15, 0.2) is 47.6 Å². The van der Waals surface area contributed by atoms with Crippen molar-refractivity contribution in [3.05, 3.63) is 63.6 Å². The van der Waals surface area contributed by atoms with E-state index in [1.54, 1.807) is 6.07 Å². The highest BCUT2D eigenvalue weighted by molar-refractivity contribution is 8.14. The van der Waals surface area contributed by atoms with Crippen molar-refractivity contribution in [3.8, 4) is 5.75 Å². The van der Waals surface area contributed by atoms with Gasteiger partial charge in [0.05, 0.1) is 5.02 Å². The quantitative estimate of drug-likeness (QED) is 0.860. The van der Waals surface area contributed by atoms with E-state index in [1.807, 2.05) is 30.3 Å². The van der Waals surface area contributed by atoms with Gasteiger partial charge in [-0.05, 0) is 12.1 Å². The molecule has 0 unspecified atom stereocenters. The molecule has 20 heavy (non-hydrogen) atoms. The van der Waals surface area contributed by atoms with Crippen LogP contribution in [0.3, 0.4) is 0 Å². The first-order valence-electron chi connectivity index (χ1n) is 5.88. The van der Waals surface area contributed by atoms with Gasteiger partial charge < -0.3 is 5.11 Å². The van der Waals surface area contributed by atoms with Crippen molar-refractivity contribution in [1.82, 2.24) is 5.43 Å². The van der Waals surface area contributed by atoms with E-state index in [2.05, 4.69) is 10.5 Å².